The average Bonchev–Trinajstić information content (AvgIpc) is 3.02. The summed E-state index contributed by atoms with van der Waals surface area (Å²) in [7, 11) is -3.71. The first-order valence-electron chi connectivity index (χ1n) is 8.80. The highest BCUT2D eigenvalue weighted by Gasteiger charge is 2.34. The zero-order valence-corrected chi connectivity index (χ0v) is 17.7. The molecule has 0 unspecified atom stereocenters. The van der Waals surface area contributed by atoms with Gasteiger partial charge in [-0.1, -0.05) is 30.1 Å². The number of fused-ring (bicyclic) bond motifs is 2. The molecule has 2 heterocycles. The van der Waals surface area contributed by atoms with E-state index in [2.05, 4.69) is 9.97 Å². The first-order valence-corrected chi connectivity index (χ1v) is 11.2. The summed E-state index contributed by atoms with van der Waals surface area (Å²) in [5.74, 6) is -0.179. The van der Waals surface area contributed by atoms with E-state index >= 15 is 0 Å². The molecule has 1 aliphatic carbocycles. The number of halogens is 5. The van der Waals surface area contributed by atoms with Gasteiger partial charge in [-0.25, -0.2) is 13.4 Å². The molecule has 156 valence electrons. The van der Waals surface area contributed by atoms with Crippen molar-refractivity contribution in [3.8, 4) is 0 Å². The number of hydrogen-bond acceptors (Lipinski definition) is 4. The molecule has 1 aromatic carbocycles. The Balaban J connectivity index is 1.93. The Morgan fingerprint density at radius 2 is 1.83 bits per heavy atom. The molecule has 0 N–H and O–H groups in total. The highest BCUT2D eigenvalue weighted by molar-refractivity contribution is 7.91. The second kappa shape index (κ2) is 7.21. The molecule has 0 saturated heterocycles. The maximum atomic E-state index is 13.1. The van der Waals surface area contributed by atoms with Crippen LogP contribution in [0.15, 0.2) is 41.4 Å². The molecule has 0 amide bonds. The van der Waals surface area contributed by atoms with Crippen LogP contribution >= 0.6 is 23.2 Å². The number of rotatable bonds is 3. The van der Waals surface area contributed by atoms with Crippen LogP contribution in [0.2, 0.25) is 5.02 Å². The van der Waals surface area contributed by atoms with Crippen LogP contribution in [0.25, 0.3) is 21.5 Å². The van der Waals surface area contributed by atoms with Gasteiger partial charge in [0.15, 0.2) is 9.84 Å². The molecule has 0 saturated carbocycles. The van der Waals surface area contributed by atoms with Crippen molar-refractivity contribution < 1.29 is 21.6 Å². The average molecular weight is 473 g/mol. The fraction of sp³-hybridized carbons (Fsp3) is 0.200. The quantitative estimate of drug-likeness (QED) is 0.486. The van der Waals surface area contributed by atoms with Crippen molar-refractivity contribution in [2.45, 2.75) is 24.4 Å². The molecule has 0 aliphatic heterocycles. The van der Waals surface area contributed by atoms with Gasteiger partial charge in [-0.3, -0.25) is 4.98 Å². The Morgan fingerprint density at radius 3 is 2.50 bits per heavy atom. The molecule has 10 heteroatoms. The number of benzene rings is 1. The van der Waals surface area contributed by atoms with E-state index in [4.69, 9.17) is 23.2 Å². The Kier molecular flexibility index (Phi) is 5.07. The van der Waals surface area contributed by atoms with E-state index in [0.29, 0.717) is 27.7 Å². The SMILES string of the molecule is CCS(=O)(=O)c1cc2cc(Cl)ccc2nc1C1=C(Cl)c2ncc(C(F)(F)F)cc2C1. The van der Waals surface area contributed by atoms with Crippen LogP contribution in [-0.4, -0.2) is 24.1 Å². The Hall–Kier alpha value is -2.16. The minimum atomic E-state index is -4.55. The van der Waals surface area contributed by atoms with Crippen LogP contribution in [0.3, 0.4) is 0 Å². The molecule has 3 aromatic rings. The summed E-state index contributed by atoms with van der Waals surface area (Å²) in [4.78, 5) is 8.31. The molecule has 4 nitrogen and oxygen atoms in total. The van der Waals surface area contributed by atoms with Gasteiger partial charge in [-0.05, 0) is 35.9 Å². The van der Waals surface area contributed by atoms with E-state index in [9.17, 15) is 21.6 Å². The van der Waals surface area contributed by atoms with E-state index in [1.807, 2.05) is 0 Å². The van der Waals surface area contributed by atoms with Crippen molar-refractivity contribution in [1.82, 2.24) is 9.97 Å². The minimum absolute atomic E-state index is 0.0105. The molecule has 30 heavy (non-hydrogen) atoms. The molecule has 0 fully saturated rings. The van der Waals surface area contributed by atoms with Gasteiger partial charge in [0.05, 0.1) is 38.1 Å². The summed E-state index contributed by atoms with van der Waals surface area (Å²) in [6, 6.07) is 7.30. The van der Waals surface area contributed by atoms with E-state index in [0.717, 1.165) is 6.07 Å². The van der Waals surface area contributed by atoms with Crippen LogP contribution in [0.4, 0.5) is 13.2 Å². The lowest BCUT2D eigenvalue weighted by Crippen LogP contribution is -2.09. The summed E-state index contributed by atoms with van der Waals surface area (Å²) >= 11 is 12.4. The van der Waals surface area contributed by atoms with Crippen LogP contribution < -0.4 is 0 Å². The minimum Gasteiger partial charge on any atom is -0.254 e. The van der Waals surface area contributed by atoms with E-state index in [1.165, 1.54) is 13.0 Å². The van der Waals surface area contributed by atoms with Crippen LogP contribution in [0, 0.1) is 0 Å². The Morgan fingerprint density at radius 1 is 1.10 bits per heavy atom. The smallest absolute Gasteiger partial charge is 0.254 e. The Labute approximate surface area is 180 Å². The fourth-order valence-corrected chi connectivity index (χ4v) is 4.92. The zero-order chi connectivity index (χ0) is 21.8. The van der Waals surface area contributed by atoms with Crippen molar-refractivity contribution in [1.29, 1.82) is 0 Å². The first kappa shape index (κ1) is 21.1. The molecule has 2 aromatic heterocycles. The van der Waals surface area contributed by atoms with Crippen molar-refractivity contribution >= 4 is 54.5 Å². The number of hydrogen-bond donors (Lipinski definition) is 0. The lowest BCUT2D eigenvalue weighted by molar-refractivity contribution is -0.137. The van der Waals surface area contributed by atoms with E-state index < -0.39 is 21.6 Å². The Bertz CT molecular complexity index is 1340. The van der Waals surface area contributed by atoms with Crippen molar-refractivity contribution in [2.24, 2.45) is 0 Å². The molecule has 0 spiro atoms. The van der Waals surface area contributed by atoms with Gasteiger partial charge < -0.3 is 0 Å². The van der Waals surface area contributed by atoms with Gasteiger partial charge in [0.2, 0.25) is 0 Å². The number of nitrogens with zero attached hydrogens (tertiary/aromatic N) is 2. The second-order valence-corrected chi connectivity index (χ2v) is 9.84. The molecule has 0 radical (unpaired) electrons. The number of alkyl halides is 3. The van der Waals surface area contributed by atoms with Gasteiger partial charge in [0.1, 0.15) is 0 Å². The normalized spacial score (nSPS) is 14.5. The molecular weight excluding hydrogens is 460 g/mol. The van der Waals surface area contributed by atoms with E-state index in [1.54, 1.807) is 18.2 Å². The molecule has 0 atom stereocenters. The number of allylic oxidation sites excluding steroid dienone is 1. The lowest BCUT2D eigenvalue weighted by atomic mass is 10.1. The first-order chi connectivity index (χ1) is 14.0. The third kappa shape index (κ3) is 3.57. The maximum absolute atomic E-state index is 13.1. The summed E-state index contributed by atoms with van der Waals surface area (Å²) in [5, 5.41) is 1.04. The van der Waals surface area contributed by atoms with Crippen LogP contribution in [0.5, 0.6) is 0 Å². The standard InChI is InChI=1S/C20H13Cl2F3N2O2S/c1-2-30(28,29)16-8-10-6-13(21)3-4-15(10)27-19(16)14-7-11-5-12(20(23,24)25)9-26-18(11)17(14)22/h3-6,8-9H,2,7H2,1H3. The van der Waals surface area contributed by atoms with Crippen molar-refractivity contribution in [3.63, 3.8) is 0 Å². The molecule has 4 rings (SSSR count). The topological polar surface area (TPSA) is 59.9 Å². The number of pyridine rings is 2. The summed E-state index contributed by atoms with van der Waals surface area (Å²) < 4.78 is 64.7. The lowest BCUT2D eigenvalue weighted by Gasteiger charge is -2.12. The molecular formula is C20H13Cl2F3N2O2S. The van der Waals surface area contributed by atoms with Crippen molar-refractivity contribution in [2.75, 3.05) is 5.75 Å². The maximum Gasteiger partial charge on any atom is 0.417 e. The highest BCUT2D eigenvalue weighted by atomic mass is 35.5. The second-order valence-electron chi connectivity index (χ2n) is 6.77. The molecule has 0 bridgehead atoms. The largest absolute Gasteiger partial charge is 0.417 e. The van der Waals surface area contributed by atoms with Gasteiger partial charge >= 0.3 is 6.18 Å². The number of aromatic nitrogens is 2. The monoisotopic (exact) mass is 472 g/mol. The van der Waals surface area contributed by atoms with Crippen LogP contribution in [-0.2, 0) is 22.4 Å². The predicted octanol–water partition coefficient (Wildman–Crippen LogP) is 5.76. The van der Waals surface area contributed by atoms with Gasteiger partial charge in [-0.2, -0.15) is 13.2 Å². The molecule has 1 aliphatic rings. The third-order valence-electron chi connectivity index (χ3n) is 4.88. The van der Waals surface area contributed by atoms with Gasteiger partial charge in [0.25, 0.3) is 0 Å². The van der Waals surface area contributed by atoms with Gasteiger partial charge in [0, 0.05) is 28.6 Å². The van der Waals surface area contributed by atoms with Crippen molar-refractivity contribution in [3.05, 3.63) is 64.1 Å². The number of sulfone groups is 1. The third-order valence-corrected chi connectivity index (χ3v) is 7.26. The predicted molar refractivity (Wildman–Crippen MR) is 110 cm³/mol. The fourth-order valence-electron chi connectivity index (χ4n) is 3.33. The summed E-state index contributed by atoms with van der Waals surface area (Å²) in [6.45, 7) is 1.50. The van der Waals surface area contributed by atoms with Gasteiger partial charge in [-0.15, -0.1) is 0 Å². The zero-order valence-electron chi connectivity index (χ0n) is 15.4. The summed E-state index contributed by atoms with van der Waals surface area (Å²) in [5.41, 5.74) is 0.488. The summed E-state index contributed by atoms with van der Waals surface area (Å²) in [6.07, 6.45) is -3.85. The highest BCUT2D eigenvalue weighted by Crippen LogP contribution is 2.43. The van der Waals surface area contributed by atoms with E-state index in [-0.39, 0.29) is 39.1 Å². The van der Waals surface area contributed by atoms with Crippen LogP contribution in [0.1, 0.15) is 29.4 Å².